The third-order valence-corrected chi connectivity index (χ3v) is 4.93. The van der Waals surface area contributed by atoms with E-state index in [0.717, 1.165) is 18.6 Å². The summed E-state index contributed by atoms with van der Waals surface area (Å²) in [6, 6.07) is 7.46. The second-order valence-electron chi connectivity index (χ2n) is 5.37. The molecular formula is C16H15N5O2S. The zero-order valence-corrected chi connectivity index (χ0v) is 13.6. The summed E-state index contributed by atoms with van der Waals surface area (Å²) >= 11 is 1.53. The molecule has 4 rings (SSSR count). The molecule has 0 aliphatic carbocycles. The number of nitrogens with zero attached hydrogens (tertiary/aromatic N) is 3. The van der Waals surface area contributed by atoms with Gasteiger partial charge in [0, 0.05) is 17.5 Å². The summed E-state index contributed by atoms with van der Waals surface area (Å²) in [5.41, 5.74) is 1.81. The Morgan fingerprint density at radius 2 is 2.38 bits per heavy atom. The number of H-pyrrole nitrogens is 1. The summed E-state index contributed by atoms with van der Waals surface area (Å²) in [7, 11) is 0. The highest BCUT2D eigenvalue weighted by atomic mass is 32.1. The van der Waals surface area contributed by atoms with E-state index in [9.17, 15) is 4.79 Å². The fourth-order valence-corrected chi connectivity index (χ4v) is 3.56. The van der Waals surface area contributed by atoms with E-state index in [2.05, 4.69) is 25.5 Å². The Hall–Kier alpha value is -2.58. The quantitative estimate of drug-likeness (QED) is 0.756. The van der Waals surface area contributed by atoms with Gasteiger partial charge in [-0.3, -0.25) is 14.9 Å². The molecule has 7 nitrogen and oxygen atoms in total. The van der Waals surface area contributed by atoms with Gasteiger partial charge < -0.3 is 10.1 Å². The highest BCUT2D eigenvalue weighted by Gasteiger charge is 2.17. The van der Waals surface area contributed by atoms with Gasteiger partial charge >= 0.3 is 0 Å². The Morgan fingerprint density at radius 3 is 3.21 bits per heavy atom. The molecule has 0 aromatic carbocycles. The van der Waals surface area contributed by atoms with Crippen LogP contribution in [0, 0.1) is 0 Å². The van der Waals surface area contributed by atoms with Crippen LogP contribution in [0.2, 0.25) is 0 Å². The minimum absolute atomic E-state index is 0.106. The van der Waals surface area contributed by atoms with Crippen molar-refractivity contribution in [2.24, 2.45) is 0 Å². The summed E-state index contributed by atoms with van der Waals surface area (Å²) < 4.78 is 5.41. The largest absolute Gasteiger partial charge is 0.376 e. The van der Waals surface area contributed by atoms with Crippen LogP contribution in [0.1, 0.15) is 25.9 Å². The van der Waals surface area contributed by atoms with Crippen LogP contribution in [0.3, 0.4) is 0 Å². The summed E-state index contributed by atoms with van der Waals surface area (Å²) in [5, 5.41) is 9.82. The fourth-order valence-electron chi connectivity index (χ4n) is 2.49. The molecule has 0 saturated carbocycles. The van der Waals surface area contributed by atoms with Crippen molar-refractivity contribution in [3.05, 3.63) is 51.6 Å². The lowest BCUT2D eigenvalue weighted by molar-refractivity contribution is 0.0953. The normalized spacial score (nSPS) is 13.5. The number of aromatic amines is 1. The van der Waals surface area contributed by atoms with Crippen molar-refractivity contribution in [2.75, 3.05) is 6.61 Å². The van der Waals surface area contributed by atoms with E-state index >= 15 is 0 Å². The van der Waals surface area contributed by atoms with Gasteiger partial charge in [-0.25, -0.2) is 4.98 Å². The SMILES string of the molecule is O=C(NCc1nc(-c2ccccn2)n[nH]1)c1cc2c(s1)CCOC2. The molecule has 0 bridgehead atoms. The minimum Gasteiger partial charge on any atom is -0.376 e. The van der Waals surface area contributed by atoms with Crippen LogP contribution in [0.15, 0.2) is 30.5 Å². The third kappa shape index (κ3) is 3.06. The molecule has 0 fully saturated rings. The van der Waals surface area contributed by atoms with E-state index in [0.29, 0.717) is 28.8 Å². The number of carbonyl (C=O) groups excluding carboxylic acids is 1. The second kappa shape index (κ2) is 6.50. The van der Waals surface area contributed by atoms with E-state index in [4.69, 9.17) is 4.74 Å². The van der Waals surface area contributed by atoms with Gasteiger partial charge in [0.25, 0.3) is 5.91 Å². The average Bonchev–Trinajstić information content (AvgIpc) is 3.27. The van der Waals surface area contributed by atoms with E-state index in [1.807, 2.05) is 24.3 Å². The number of hydrogen-bond donors (Lipinski definition) is 2. The number of thiophene rings is 1. The molecule has 0 unspecified atom stereocenters. The first-order valence-electron chi connectivity index (χ1n) is 7.60. The number of pyridine rings is 1. The van der Waals surface area contributed by atoms with Gasteiger partial charge in [0.1, 0.15) is 11.5 Å². The molecule has 0 radical (unpaired) electrons. The number of hydrogen-bond acceptors (Lipinski definition) is 6. The van der Waals surface area contributed by atoms with Gasteiger partial charge in [0.15, 0.2) is 5.82 Å². The van der Waals surface area contributed by atoms with Crippen molar-refractivity contribution in [3.8, 4) is 11.5 Å². The topological polar surface area (TPSA) is 92.8 Å². The first-order valence-corrected chi connectivity index (χ1v) is 8.41. The van der Waals surface area contributed by atoms with Crippen LogP contribution in [0.25, 0.3) is 11.5 Å². The second-order valence-corrected chi connectivity index (χ2v) is 6.50. The maximum absolute atomic E-state index is 12.3. The number of amides is 1. The number of aromatic nitrogens is 4. The van der Waals surface area contributed by atoms with Crippen molar-refractivity contribution in [1.82, 2.24) is 25.5 Å². The van der Waals surface area contributed by atoms with Gasteiger partial charge in [-0.05, 0) is 23.8 Å². The van der Waals surface area contributed by atoms with Crippen molar-refractivity contribution in [1.29, 1.82) is 0 Å². The summed E-state index contributed by atoms with van der Waals surface area (Å²) in [6.07, 6.45) is 2.57. The zero-order chi connectivity index (χ0) is 16.4. The molecule has 122 valence electrons. The van der Waals surface area contributed by atoms with Crippen molar-refractivity contribution in [3.63, 3.8) is 0 Å². The maximum atomic E-state index is 12.3. The Morgan fingerprint density at radius 1 is 1.42 bits per heavy atom. The van der Waals surface area contributed by atoms with E-state index in [1.165, 1.54) is 16.2 Å². The average molecular weight is 341 g/mol. The molecule has 3 aromatic rings. The van der Waals surface area contributed by atoms with Gasteiger partial charge in [0.05, 0.1) is 24.6 Å². The predicted molar refractivity (Wildman–Crippen MR) is 88.5 cm³/mol. The zero-order valence-electron chi connectivity index (χ0n) is 12.8. The van der Waals surface area contributed by atoms with Crippen LogP contribution in [-0.4, -0.2) is 32.7 Å². The highest BCUT2D eigenvalue weighted by Crippen LogP contribution is 2.26. The Bertz CT molecular complexity index is 835. The van der Waals surface area contributed by atoms with Crippen molar-refractivity contribution < 1.29 is 9.53 Å². The van der Waals surface area contributed by atoms with Crippen LogP contribution < -0.4 is 5.32 Å². The molecule has 4 heterocycles. The summed E-state index contributed by atoms with van der Waals surface area (Å²) in [6.45, 7) is 1.61. The van der Waals surface area contributed by atoms with Crippen LogP contribution >= 0.6 is 11.3 Å². The molecule has 0 saturated heterocycles. The summed E-state index contributed by atoms with van der Waals surface area (Å²) in [4.78, 5) is 22.8. The van der Waals surface area contributed by atoms with E-state index in [-0.39, 0.29) is 12.5 Å². The van der Waals surface area contributed by atoms with E-state index in [1.54, 1.807) is 6.20 Å². The van der Waals surface area contributed by atoms with Gasteiger partial charge in [-0.15, -0.1) is 11.3 Å². The number of ether oxygens (including phenoxy) is 1. The van der Waals surface area contributed by atoms with Gasteiger partial charge in [-0.1, -0.05) is 6.07 Å². The number of fused-ring (bicyclic) bond motifs is 1. The molecule has 1 amide bonds. The lowest BCUT2D eigenvalue weighted by atomic mass is 10.2. The highest BCUT2D eigenvalue weighted by molar-refractivity contribution is 7.14. The van der Waals surface area contributed by atoms with E-state index < -0.39 is 0 Å². The maximum Gasteiger partial charge on any atom is 0.261 e. The van der Waals surface area contributed by atoms with Crippen LogP contribution in [0.5, 0.6) is 0 Å². The third-order valence-electron chi connectivity index (χ3n) is 3.69. The smallest absolute Gasteiger partial charge is 0.261 e. The lowest BCUT2D eigenvalue weighted by Gasteiger charge is -2.10. The van der Waals surface area contributed by atoms with Crippen LogP contribution in [0.4, 0.5) is 0 Å². The molecule has 1 aliphatic rings. The molecule has 2 N–H and O–H groups in total. The van der Waals surface area contributed by atoms with Gasteiger partial charge in [0.2, 0.25) is 0 Å². The number of nitrogens with one attached hydrogen (secondary N) is 2. The Kier molecular flexibility index (Phi) is 4.06. The number of carbonyl (C=O) groups is 1. The first-order chi connectivity index (χ1) is 11.8. The standard InChI is InChI=1S/C16H15N5O2S/c22-16(13-7-10-9-23-6-4-12(10)24-13)18-8-14-19-15(21-20-14)11-3-1-2-5-17-11/h1-3,5,7H,4,6,8-9H2,(H,18,22)(H,19,20,21). The Labute approximate surface area is 142 Å². The molecule has 8 heteroatoms. The molecule has 0 atom stereocenters. The molecule has 24 heavy (non-hydrogen) atoms. The van der Waals surface area contributed by atoms with Gasteiger partial charge in [-0.2, -0.15) is 5.10 Å². The van der Waals surface area contributed by atoms with Crippen molar-refractivity contribution in [2.45, 2.75) is 19.6 Å². The predicted octanol–water partition coefficient (Wildman–Crippen LogP) is 1.93. The number of rotatable bonds is 4. The molecular weight excluding hydrogens is 326 g/mol. The molecule has 3 aromatic heterocycles. The van der Waals surface area contributed by atoms with Crippen LogP contribution in [-0.2, 0) is 24.3 Å². The fraction of sp³-hybridized carbons (Fsp3) is 0.250. The Balaban J connectivity index is 1.41. The first kappa shape index (κ1) is 15.0. The molecule has 0 spiro atoms. The lowest BCUT2D eigenvalue weighted by Crippen LogP contribution is -2.22. The minimum atomic E-state index is -0.106. The monoisotopic (exact) mass is 341 g/mol. The summed E-state index contributed by atoms with van der Waals surface area (Å²) in [5.74, 6) is 1.00. The molecule has 1 aliphatic heterocycles. The van der Waals surface area contributed by atoms with Crippen molar-refractivity contribution >= 4 is 17.2 Å².